The molecule has 4 unspecified atom stereocenters. The van der Waals surface area contributed by atoms with Crippen LogP contribution in [0, 0.1) is 5.92 Å². The van der Waals surface area contributed by atoms with Gasteiger partial charge in [0.2, 0.25) is 0 Å². The van der Waals surface area contributed by atoms with E-state index in [1.807, 2.05) is 0 Å². The Morgan fingerprint density at radius 3 is 2.56 bits per heavy atom. The first-order valence-electron chi connectivity index (χ1n) is 6.61. The van der Waals surface area contributed by atoms with Crippen LogP contribution in [-0.4, -0.2) is 48.2 Å². The summed E-state index contributed by atoms with van der Waals surface area (Å²) in [6.07, 6.45) is 4.35. The molecule has 4 atom stereocenters. The molecule has 108 valence electrons. The fourth-order valence-corrected chi connectivity index (χ4v) is 5.81. The second-order valence-electron chi connectivity index (χ2n) is 5.34. The van der Waals surface area contributed by atoms with Crippen LogP contribution in [0.5, 0.6) is 0 Å². The summed E-state index contributed by atoms with van der Waals surface area (Å²) in [5, 5.41) is 3.50. The van der Waals surface area contributed by atoms with Crippen molar-refractivity contribution in [3.63, 3.8) is 0 Å². The number of hydrogen-bond donors (Lipinski definition) is 1. The van der Waals surface area contributed by atoms with Crippen molar-refractivity contribution in [2.45, 2.75) is 44.4 Å². The predicted molar refractivity (Wildman–Crippen MR) is 77.0 cm³/mol. The van der Waals surface area contributed by atoms with Gasteiger partial charge in [-0.05, 0) is 31.7 Å². The summed E-state index contributed by atoms with van der Waals surface area (Å²) >= 11 is 0. The summed E-state index contributed by atoms with van der Waals surface area (Å²) in [6.45, 7) is 5.11. The van der Waals surface area contributed by atoms with Crippen LogP contribution in [0.3, 0.4) is 0 Å². The molecule has 0 saturated heterocycles. The number of nitrogens with one attached hydrogen (secondary N) is 1. The summed E-state index contributed by atoms with van der Waals surface area (Å²) in [5.41, 5.74) is 0. The lowest BCUT2D eigenvalue weighted by Gasteiger charge is -2.34. The zero-order valence-corrected chi connectivity index (χ0v) is 13.1. The van der Waals surface area contributed by atoms with E-state index in [4.69, 9.17) is 0 Å². The van der Waals surface area contributed by atoms with E-state index in [0.29, 0.717) is 5.92 Å². The highest BCUT2D eigenvalue weighted by atomic mass is 32.2. The van der Waals surface area contributed by atoms with Gasteiger partial charge in [0.15, 0.2) is 0 Å². The van der Waals surface area contributed by atoms with E-state index >= 15 is 0 Å². The Kier molecular flexibility index (Phi) is 6.27. The van der Waals surface area contributed by atoms with E-state index in [2.05, 4.69) is 19.2 Å². The third kappa shape index (κ3) is 5.36. The monoisotopic (exact) mass is 295 g/mol. The summed E-state index contributed by atoms with van der Waals surface area (Å²) in [7, 11) is -4.06. The molecule has 0 spiro atoms. The zero-order valence-electron chi connectivity index (χ0n) is 11.5. The van der Waals surface area contributed by atoms with Gasteiger partial charge in [-0.15, -0.1) is 0 Å². The highest BCUT2D eigenvalue weighted by Crippen LogP contribution is 2.27. The van der Waals surface area contributed by atoms with E-state index in [1.165, 1.54) is 6.26 Å². The minimum absolute atomic E-state index is 0.0311. The van der Waals surface area contributed by atoms with Crippen LogP contribution in [0.25, 0.3) is 0 Å². The summed E-state index contributed by atoms with van der Waals surface area (Å²) in [4.78, 5) is 0. The Hall–Kier alpha value is 0.0600. The van der Waals surface area contributed by atoms with Crippen LogP contribution in [0.1, 0.15) is 33.1 Å². The molecule has 0 aromatic carbocycles. The molecule has 4 nitrogen and oxygen atoms in total. The van der Waals surface area contributed by atoms with Gasteiger partial charge in [0.25, 0.3) is 0 Å². The summed E-state index contributed by atoms with van der Waals surface area (Å²) in [5.74, 6) is 0.897. The van der Waals surface area contributed by atoms with Crippen molar-refractivity contribution in [2.24, 2.45) is 5.92 Å². The highest BCUT2D eigenvalue weighted by Gasteiger charge is 2.32. The quantitative estimate of drug-likeness (QED) is 0.792. The van der Waals surface area contributed by atoms with Crippen LogP contribution >= 0.6 is 0 Å². The van der Waals surface area contributed by atoms with E-state index in [1.54, 1.807) is 0 Å². The lowest BCUT2D eigenvalue weighted by molar-refractivity contribution is 0.317. The maximum absolute atomic E-state index is 12.3. The molecule has 18 heavy (non-hydrogen) atoms. The van der Waals surface area contributed by atoms with E-state index in [-0.39, 0.29) is 22.8 Å². The maximum Gasteiger partial charge on any atom is 0.148 e. The highest BCUT2D eigenvalue weighted by molar-refractivity contribution is 7.92. The minimum atomic E-state index is -3.01. The van der Waals surface area contributed by atoms with E-state index in [9.17, 15) is 12.6 Å². The predicted octanol–water partition coefficient (Wildman–Crippen LogP) is 0.946. The lowest BCUT2D eigenvalue weighted by atomic mass is 9.87. The topological polar surface area (TPSA) is 63.2 Å². The Balaban J connectivity index is 2.60. The SMILES string of the molecule is CCNC1CCC(C)CC1S(=O)CCS(C)(=O)=O. The molecule has 1 rings (SSSR count). The molecule has 1 saturated carbocycles. The second-order valence-corrected chi connectivity index (χ2v) is 9.37. The molecule has 0 radical (unpaired) electrons. The molecule has 1 aliphatic carbocycles. The van der Waals surface area contributed by atoms with Crippen molar-refractivity contribution in [2.75, 3.05) is 24.3 Å². The molecular formula is C12H25NO3S2. The van der Waals surface area contributed by atoms with Crippen molar-refractivity contribution in [3.05, 3.63) is 0 Å². The number of sulfone groups is 1. The zero-order chi connectivity index (χ0) is 13.8. The fraction of sp³-hybridized carbons (Fsp3) is 1.00. The van der Waals surface area contributed by atoms with Crippen LogP contribution < -0.4 is 5.32 Å². The largest absolute Gasteiger partial charge is 0.313 e. The van der Waals surface area contributed by atoms with Crippen molar-refractivity contribution in [1.82, 2.24) is 5.32 Å². The molecule has 0 aromatic heterocycles. The van der Waals surface area contributed by atoms with Gasteiger partial charge in [0.05, 0.1) is 11.0 Å². The molecular weight excluding hydrogens is 270 g/mol. The average Bonchev–Trinajstić information content (AvgIpc) is 2.27. The Bertz CT molecular complexity index is 381. The van der Waals surface area contributed by atoms with Gasteiger partial charge in [-0.3, -0.25) is 4.21 Å². The van der Waals surface area contributed by atoms with Gasteiger partial charge >= 0.3 is 0 Å². The van der Waals surface area contributed by atoms with Crippen LogP contribution in [-0.2, 0) is 20.6 Å². The maximum atomic E-state index is 12.3. The molecule has 1 N–H and O–H groups in total. The van der Waals surface area contributed by atoms with Gasteiger partial charge in [0, 0.05) is 28.9 Å². The van der Waals surface area contributed by atoms with Gasteiger partial charge in [-0.1, -0.05) is 13.8 Å². The molecule has 1 aliphatic rings. The fourth-order valence-electron chi connectivity index (χ4n) is 2.50. The molecule has 0 aromatic rings. The Labute approximate surface area is 113 Å². The van der Waals surface area contributed by atoms with Crippen LogP contribution in [0.15, 0.2) is 0 Å². The lowest BCUT2D eigenvalue weighted by Crippen LogP contribution is -2.46. The first-order valence-corrected chi connectivity index (χ1v) is 10.1. The first-order chi connectivity index (χ1) is 8.33. The normalized spacial score (nSPS) is 31.2. The molecule has 0 heterocycles. The van der Waals surface area contributed by atoms with Crippen LogP contribution in [0.4, 0.5) is 0 Å². The van der Waals surface area contributed by atoms with Crippen molar-refractivity contribution >= 4 is 20.6 Å². The summed E-state index contributed by atoms with van der Waals surface area (Å²) < 4.78 is 34.6. The molecule has 1 fully saturated rings. The molecule has 0 aliphatic heterocycles. The van der Waals surface area contributed by atoms with Gasteiger partial charge in [0.1, 0.15) is 9.84 Å². The van der Waals surface area contributed by atoms with Gasteiger partial charge in [-0.2, -0.15) is 0 Å². The number of rotatable bonds is 6. The third-order valence-electron chi connectivity index (χ3n) is 3.51. The summed E-state index contributed by atoms with van der Waals surface area (Å²) in [6, 6.07) is 0.284. The van der Waals surface area contributed by atoms with Crippen molar-refractivity contribution in [1.29, 1.82) is 0 Å². The smallest absolute Gasteiger partial charge is 0.148 e. The Morgan fingerprint density at radius 1 is 1.33 bits per heavy atom. The van der Waals surface area contributed by atoms with Crippen molar-refractivity contribution < 1.29 is 12.6 Å². The average molecular weight is 295 g/mol. The molecule has 6 heteroatoms. The van der Waals surface area contributed by atoms with Gasteiger partial charge < -0.3 is 5.32 Å². The molecule has 0 bridgehead atoms. The van der Waals surface area contributed by atoms with Gasteiger partial charge in [-0.25, -0.2) is 8.42 Å². The second kappa shape index (κ2) is 7.01. The minimum Gasteiger partial charge on any atom is -0.313 e. The Morgan fingerprint density at radius 2 is 2.00 bits per heavy atom. The van der Waals surface area contributed by atoms with Crippen LogP contribution in [0.2, 0.25) is 0 Å². The van der Waals surface area contributed by atoms with Crippen molar-refractivity contribution in [3.8, 4) is 0 Å². The standard InChI is InChI=1S/C12H25NO3S2/c1-4-13-11-6-5-10(2)9-12(11)17(14)7-8-18(3,15)16/h10-13H,4-9H2,1-3H3. The first kappa shape index (κ1) is 16.1. The van der Waals surface area contributed by atoms with E-state index in [0.717, 1.165) is 25.8 Å². The third-order valence-corrected chi connectivity index (χ3v) is 6.52. The molecule has 0 amide bonds. The van der Waals surface area contributed by atoms with E-state index < -0.39 is 20.6 Å². The number of hydrogen-bond acceptors (Lipinski definition) is 4.